The topological polar surface area (TPSA) is 61.9 Å². The van der Waals surface area contributed by atoms with E-state index in [1.165, 1.54) is 38.5 Å². The quantitative estimate of drug-likeness (QED) is 0.915. The fourth-order valence-corrected chi connectivity index (χ4v) is 4.11. The van der Waals surface area contributed by atoms with Gasteiger partial charge in [0.15, 0.2) is 0 Å². The predicted molar refractivity (Wildman–Crippen MR) is 74.3 cm³/mol. The number of H-pyrrole nitrogens is 1. The molecule has 108 valence electrons. The average Bonchev–Trinajstić information content (AvgIpc) is 2.90. The van der Waals surface area contributed by atoms with Crippen molar-refractivity contribution in [2.75, 3.05) is 13.6 Å². The highest BCUT2D eigenvalue weighted by Crippen LogP contribution is 2.48. The number of rotatable bonds is 4. The van der Waals surface area contributed by atoms with Crippen LogP contribution in [0.4, 0.5) is 0 Å². The summed E-state index contributed by atoms with van der Waals surface area (Å²) in [6, 6.07) is 0. The number of nitrogens with one attached hydrogen (secondary N) is 1. The lowest BCUT2D eigenvalue weighted by molar-refractivity contribution is 0.0742. The van der Waals surface area contributed by atoms with Gasteiger partial charge in [0.2, 0.25) is 5.82 Å². The number of hydrogen-bond donors (Lipinski definition) is 1. The van der Waals surface area contributed by atoms with E-state index in [1.807, 2.05) is 11.9 Å². The van der Waals surface area contributed by atoms with Crippen LogP contribution in [0, 0.1) is 17.8 Å². The minimum absolute atomic E-state index is 0.0316. The van der Waals surface area contributed by atoms with Gasteiger partial charge < -0.3 is 4.90 Å². The molecule has 5 nitrogen and oxygen atoms in total. The minimum atomic E-state index is -0.0316. The molecule has 4 rings (SSSR count). The van der Waals surface area contributed by atoms with Crippen LogP contribution in [0.25, 0.3) is 0 Å². The molecule has 0 spiro atoms. The summed E-state index contributed by atoms with van der Waals surface area (Å²) < 4.78 is 0. The number of aromatic amines is 1. The van der Waals surface area contributed by atoms with E-state index in [-0.39, 0.29) is 5.91 Å². The summed E-state index contributed by atoms with van der Waals surface area (Å²) in [7, 11) is 1.89. The molecule has 3 aliphatic rings. The Kier molecular flexibility index (Phi) is 2.82. The van der Waals surface area contributed by atoms with Crippen molar-refractivity contribution >= 4 is 5.91 Å². The molecule has 1 amide bonds. The molecule has 3 saturated carbocycles. The van der Waals surface area contributed by atoms with E-state index in [0.717, 1.165) is 24.2 Å². The largest absolute Gasteiger partial charge is 0.339 e. The molecule has 2 bridgehead atoms. The van der Waals surface area contributed by atoms with Gasteiger partial charge in [-0.3, -0.25) is 9.89 Å². The van der Waals surface area contributed by atoms with Crippen molar-refractivity contribution in [1.82, 2.24) is 20.1 Å². The molecule has 1 heterocycles. The van der Waals surface area contributed by atoms with Gasteiger partial charge in [-0.05, 0) is 49.9 Å². The molecule has 0 aromatic carbocycles. The van der Waals surface area contributed by atoms with E-state index < -0.39 is 0 Å². The van der Waals surface area contributed by atoms with Crippen LogP contribution in [-0.4, -0.2) is 39.6 Å². The molecule has 0 saturated heterocycles. The molecular weight excluding hydrogens is 252 g/mol. The number of carbonyl (C=O) groups is 1. The summed E-state index contributed by atoms with van der Waals surface area (Å²) in [4.78, 5) is 18.6. The Balaban J connectivity index is 1.39. The van der Waals surface area contributed by atoms with E-state index in [4.69, 9.17) is 0 Å². The van der Waals surface area contributed by atoms with Gasteiger partial charge in [-0.2, -0.15) is 0 Å². The molecule has 0 aliphatic heterocycles. The van der Waals surface area contributed by atoms with Crippen LogP contribution >= 0.6 is 0 Å². The van der Waals surface area contributed by atoms with Gasteiger partial charge in [-0.1, -0.05) is 6.42 Å². The third kappa shape index (κ3) is 2.13. The van der Waals surface area contributed by atoms with E-state index in [9.17, 15) is 4.79 Å². The number of amides is 1. The molecule has 1 aromatic rings. The Bertz CT molecular complexity index is 522. The summed E-state index contributed by atoms with van der Waals surface area (Å²) in [5.74, 6) is 4.20. The summed E-state index contributed by atoms with van der Waals surface area (Å²) in [6.07, 6.45) is 7.81. The van der Waals surface area contributed by atoms with Crippen LogP contribution in [0.15, 0.2) is 0 Å². The summed E-state index contributed by atoms with van der Waals surface area (Å²) in [5.41, 5.74) is 0. The zero-order chi connectivity index (χ0) is 13.7. The molecular formula is C15H22N4O. The fourth-order valence-electron chi connectivity index (χ4n) is 4.11. The Labute approximate surface area is 119 Å². The number of fused-ring (bicyclic) bond motifs is 2. The van der Waals surface area contributed by atoms with Crippen molar-refractivity contribution in [2.24, 2.45) is 17.8 Å². The maximum Gasteiger partial charge on any atom is 0.293 e. The van der Waals surface area contributed by atoms with Crippen LogP contribution in [0.5, 0.6) is 0 Å². The molecule has 5 heteroatoms. The van der Waals surface area contributed by atoms with Crippen molar-refractivity contribution in [3.63, 3.8) is 0 Å². The van der Waals surface area contributed by atoms with Crippen LogP contribution in [0.1, 0.15) is 60.9 Å². The predicted octanol–water partition coefficient (Wildman–Crippen LogP) is 2.19. The Morgan fingerprint density at radius 3 is 2.80 bits per heavy atom. The van der Waals surface area contributed by atoms with E-state index in [1.54, 1.807) is 0 Å². The van der Waals surface area contributed by atoms with Crippen molar-refractivity contribution in [3.05, 3.63) is 11.6 Å². The highest BCUT2D eigenvalue weighted by atomic mass is 16.2. The molecule has 1 aromatic heterocycles. The van der Waals surface area contributed by atoms with Gasteiger partial charge in [0.25, 0.3) is 5.91 Å². The third-order valence-electron chi connectivity index (χ3n) is 5.40. The van der Waals surface area contributed by atoms with Crippen molar-refractivity contribution in [2.45, 2.75) is 44.4 Å². The lowest BCUT2D eigenvalue weighted by Crippen LogP contribution is -2.34. The first-order chi connectivity index (χ1) is 9.70. The van der Waals surface area contributed by atoms with Crippen molar-refractivity contribution in [1.29, 1.82) is 0 Å². The lowest BCUT2D eigenvalue weighted by Gasteiger charge is -2.26. The second-order valence-electron chi connectivity index (χ2n) is 6.94. The highest BCUT2D eigenvalue weighted by molar-refractivity contribution is 5.90. The van der Waals surface area contributed by atoms with E-state index >= 15 is 0 Å². The second kappa shape index (κ2) is 4.57. The maximum atomic E-state index is 12.4. The van der Waals surface area contributed by atoms with Crippen LogP contribution in [-0.2, 0) is 0 Å². The van der Waals surface area contributed by atoms with Gasteiger partial charge in [-0.15, -0.1) is 5.10 Å². The molecule has 0 radical (unpaired) electrons. The van der Waals surface area contributed by atoms with Gasteiger partial charge in [0.05, 0.1) is 0 Å². The SMILES string of the molecule is CN(CC1CC2CCC1C2)C(=O)c1n[nH]c(C2CC2)n1. The molecule has 3 atom stereocenters. The maximum absolute atomic E-state index is 12.4. The zero-order valence-corrected chi connectivity index (χ0v) is 12.0. The van der Waals surface area contributed by atoms with E-state index in [0.29, 0.717) is 17.7 Å². The van der Waals surface area contributed by atoms with Gasteiger partial charge in [-0.25, -0.2) is 4.98 Å². The Hall–Kier alpha value is -1.39. The van der Waals surface area contributed by atoms with Crippen LogP contribution in [0.2, 0.25) is 0 Å². The number of aromatic nitrogens is 3. The first-order valence-electron chi connectivity index (χ1n) is 7.88. The molecule has 3 fully saturated rings. The lowest BCUT2D eigenvalue weighted by atomic mass is 9.88. The Morgan fingerprint density at radius 2 is 2.15 bits per heavy atom. The number of carbonyl (C=O) groups excluding carboxylic acids is 1. The average molecular weight is 274 g/mol. The first kappa shape index (κ1) is 12.4. The van der Waals surface area contributed by atoms with Gasteiger partial charge in [0.1, 0.15) is 5.82 Å². The molecule has 3 unspecified atom stereocenters. The Morgan fingerprint density at radius 1 is 1.30 bits per heavy atom. The normalized spacial score (nSPS) is 31.8. The number of nitrogens with zero attached hydrogens (tertiary/aromatic N) is 3. The van der Waals surface area contributed by atoms with E-state index in [2.05, 4.69) is 15.2 Å². The fraction of sp³-hybridized carbons (Fsp3) is 0.800. The smallest absolute Gasteiger partial charge is 0.293 e. The summed E-state index contributed by atoms with van der Waals surface area (Å²) in [6.45, 7) is 0.868. The molecule has 3 aliphatic carbocycles. The summed E-state index contributed by atoms with van der Waals surface area (Å²) >= 11 is 0. The zero-order valence-electron chi connectivity index (χ0n) is 12.0. The number of hydrogen-bond acceptors (Lipinski definition) is 3. The molecule has 20 heavy (non-hydrogen) atoms. The van der Waals surface area contributed by atoms with Gasteiger partial charge in [0, 0.05) is 19.5 Å². The van der Waals surface area contributed by atoms with Gasteiger partial charge >= 0.3 is 0 Å². The standard InChI is InChI=1S/C15H22N4O/c1-19(8-12-7-9-2-3-11(12)6-9)15(20)14-16-13(17-18-14)10-4-5-10/h9-12H,2-8H2,1H3,(H,16,17,18). The first-order valence-corrected chi connectivity index (χ1v) is 7.88. The van der Waals surface area contributed by atoms with Crippen LogP contribution < -0.4 is 0 Å². The second-order valence-corrected chi connectivity index (χ2v) is 6.94. The minimum Gasteiger partial charge on any atom is -0.339 e. The van der Waals surface area contributed by atoms with Crippen molar-refractivity contribution in [3.8, 4) is 0 Å². The highest BCUT2D eigenvalue weighted by Gasteiger charge is 2.40. The van der Waals surface area contributed by atoms with Crippen LogP contribution in [0.3, 0.4) is 0 Å². The van der Waals surface area contributed by atoms with Crippen molar-refractivity contribution < 1.29 is 4.79 Å². The third-order valence-corrected chi connectivity index (χ3v) is 5.40. The molecule has 1 N–H and O–H groups in total. The monoisotopic (exact) mass is 274 g/mol. The summed E-state index contributed by atoms with van der Waals surface area (Å²) in [5, 5.41) is 7.01.